The average molecular weight is 292 g/mol. The van der Waals surface area contributed by atoms with Gasteiger partial charge in [-0.15, -0.1) is 0 Å². The molecule has 2 heterocycles. The Morgan fingerprint density at radius 2 is 2.10 bits per heavy atom. The summed E-state index contributed by atoms with van der Waals surface area (Å²) < 4.78 is 11.3. The molecule has 6 heteroatoms. The van der Waals surface area contributed by atoms with Gasteiger partial charge in [-0.2, -0.15) is 9.97 Å². The van der Waals surface area contributed by atoms with Crippen molar-refractivity contribution in [2.75, 3.05) is 40.9 Å². The van der Waals surface area contributed by atoms with E-state index < -0.39 is 0 Å². The fraction of sp³-hybridized carbons (Fsp3) is 0.733. The van der Waals surface area contributed by atoms with Crippen LogP contribution in [0.2, 0.25) is 0 Å². The normalized spacial score (nSPS) is 19.2. The smallest absolute Gasteiger partial charge is 0.320 e. The third-order valence-electron chi connectivity index (χ3n) is 4.19. The quantitative estimate of drug-likeness (QED) is 0.839. The van der Waals surface area contributed by atoms with E-state index in [9.17, 15) is 0 Å². The minimum absolute atomic E-state index is 0.286. The fourth-order valence-electron chi connectivity index (χ4n) is 2.95. The maximum atomic E-state index is 5.89. The highest BCUT2D eigenvalue weighted by molar-refractivity contribution is 5.34. The largest absolute Gasteiger partial charge is 0.481 e. The fourth-order valence-corrected chi connectivity index (χ4v) is 2.95. The zero-order valence-electron chi connectivity index (χ0n) is 13.1. The van der Waals surface area contributed by atoms with Crippen molar-refractivity contribution in [2.24, 2.45) is 5.41 Å². The van der Waals surface area contributed by atoms with Gasteiger partial charge in [-0.25, -0.2) is 0 Å². The van der Waals surface area contributed by atoms with E-state index >= 15 is 0 Å². The van der Waals surface area contributed by atoms with E-state index in [1.807, 2.05) is 0 Å². The van der Waals surface area contributed by atoms with Crippen molar-refractivity contribution in [1.29, 1.82) is 0 Å². The molecular weight excluding hydrogens is 268 g/mol. The minimum Gasteiger partial charge on any atom is -0.481 e. The van der Waals surface area contributed by atoms with Gasteiger partial charge in [0.25, 0.3) is 0 Å². The summed E-state index contributed by atoms with van der Waals surface area (Å²) >= 11 is 0. The Labute approximate surface area is 125 Å². The Bertz CT molecular complexity index is 497. The molecule has 0 saturated heterocycles. The Kier molecular flexibility index (Phi) is 3.99. The second kappa shape index (κ2) is 5.77. The SMILES string of the molecule is COc1nc(OCC2(CN(C)C)CC2)nc2c1CCNC2. The van der Waals surface area contributed by atoms with Gasteiger partial charge < -0.3 is 19.7 Å². The summed E-state index contributed by atoms with van der Waals surface area (Å²) in [7, 11) is 5.86. The molecule has 1 aromatic heterocycles. The van der Waals surface area contributed by atoms with Crippen LogP contribution in [0.1, 0.15) is 24.1 Å². The molecule has 3 rings (SSSR count). The Balaban J connectivity index is 1.71. The van der Waals surface area contributed by atoms with E-state index in [0.717, 1.165) is 37.3 Å². The van der Waals surface area contributed by atoms with Gasteiger partial charge in [-0.05, 0) is 39.9 Å². The molecule has 2 aliphatic rings. The molecule has 1 aliphatic heterocycles. The number of ether oxygens (including phenoxy) is 2. The van der Waals surface area contributed by atoms with E-state index in [0.29, 0.717) is 18.5 Å². The van der Waals surface area contributed by atoms with Crippen LogP contribution in [-0.4, -0.2) is 55.8 Å². The van der Waals surface area contributed by atoms with Crippen LogP contribution in [-0.2, 0) is 13.0 Å². The van der Waals surface area contributed by atoms with Gasteiger partial charge in [0, 0.05) is 24.1 Å². The third-order valence-corrected chi connectivity index (χ3v) is 4.19. The van der Waals surface area contributed by atoms with E-state index in [2.05, 4.69) is 34.3 Å². The summed E-state index contributed by atoms with van der Waals surface area (Å²) in [4.78, 5) is 11.2. The highest BCUT2D eigenvalue weighted by atomic mass is 16.5. The van der Waals surface area contributed by atoms with Crippen molar-refractivity contribution in [3.05, 3.63) is 11.3 Å². The highest BCUT2D eigenvalue weighted by Crippen LogP contribution is 2.46. The molecule has 0 amide bonds. The first-order valence-electron chi connectivity index (χ1n) is 7.54. The van der Waals surface area contributed by atoms with Crippen molar-refractivity contribution in [2.45, 2.75) is 25.8 Å². The molecule has 1 aliphatic carbocycles. The standard InChI is InChI=1S/C15H24N4O2/c1-19(2)9-15(5-6-15)10-21-14-17-12-8-16-7-4-11(12)13(18-14)20-3/h16H,4-10H2,1-3H3. The molecule has 1 aromatic rings. The van der Waals surface area contributed by atoms with Gasteiger partial charge in [0.15, 0.2) is 0 Å². The molecule has 0 unspecified atom stereocenters. The number of nitrogens with zero attached hydrogens (tertiary/aromatic N) is 3. The summed E-state index contributed by atoms with van der Waals surface area (Å²) in [6.45, 7) is 3.43. The minimum atomic E-state index is 0.286. The number of aromatic nitrogens is 2. The van der Waals surface area contributed by atoms with Crippen molar-refractivity contribution in [3.63, 3.8) is 0 Å². The van der Waals surface area contributed by atoms with Crippen molar-refractivity contribution < 1.29 is 9.47 Å². The third kappa shape index (κ3) is 3.27. The van der Waals surface area contributed by atoms with Gasteiger partial charge in [0.1, 0.15) is 0 Å². The molecule has 0 aromatic carbocycles. The lowest BCUT2D eigenvalue weighted by Gasteiger charge is -2.21. The predicted molar refractivity (Wildman–Crippen MR) is 79.7 cm³/mol. The van der Waals surface area contributed by atoms with E-state index in [4.69, 9.17) is 9.47 Å². The van der Waals surface area contributed by atoms with Crippen molar-refractivity contribution >= 4 is 0 Å². The van der Waals surface area contributed by atoms with Gasteiger partial charge in [-0.3, -0.25) is 0 Å². The summed E-state index contributed by atoms with van der Waals surface area (Å²) in [6.07, 6.45) is 3.34. The summed E-state index contributed by atoms with van der Waals surface area (Å²) in [5.74, 6) is 0.661. The zero-order chi connectivity index (χ0) is 14.9. The zero-order valence-corrected chi connectivity index (χ0v) is 13.1. The first-order valence-corrected chi connectivity index (χ1v) is 7.54. The molecule has 1 saturated carbocycles. The molecule has 0 atom stereocenters. The number of methoxy groups -OCH3 is 1. The molecule has 0 radical (unpaired) electrons. The van der Waals surface area contributed by atoms with Gasteiger partial charge in [0.05, 0.1) is 19.4 Å². The lowest BCUT2D eigenvalue weighted by atomic mass is 10.1. The molecule has 0 bridgehead atoms. The predicted octanol–water partition coefficient (Wildman–Crippen LogP) is 0.851. The van der Waals surface area contributed by atoms with Gasteiger partial charge in [0.2, 0.25) is 5.88 Å². The van der Waals surface area contributed by atoms with Crippen molar-refractivity contribution in [3.8, 4) is 11.9 Å². The molecule has 116 valence electrons. The second-order valence-corrected chi connectivity index (χ2v) is 6.39. The van der Waals surface area contributed by atoms with Crippen LogP contribution >= 0.6 is 0 Å². The maximum Gasteiger partial charge on any atom is 0.320 e. The van der Waals surface area contributed by atoms with Gasteiger partial charge in [-0.1, -0.05) is 0 Å². The highest BCUT2D eigenvalue weighted by Gasteiger charge is 2.44. The van der Waals surface area contributed by atoms with Crippen LogP contribution < -0.4 is 14.8 Å². The topological polar surface area (TPSA) is 59.5 Å². The first kappa shape index (κ1) is 14.5. The molecule has 1 N–H and O–H groups in total. The summed E-state index contributed by atoms with van der Waals surface area (Å²) in [5, 5.41) is 3.32. The number of hydrogen-bond donors (Lipinski definition) is 1. The maximum absolute atomic E-state index is 5.89. The van der Waals surface area contributed by atoms with Gasteiger partial charge >= 0.3 is 6.01 Å². The second-order valence-electron chi connectivity index (χ2n) is 6.39. The Morgan fingerprint density at radius 1 is 1.29 bits per heavy atom. The van der Waals surface area contributed by atoms with Crippen LogP contribution in [0.5, 0.6) is 11.9 Å². The van der Waals surface area contributed by atoms with Crippen LogP contribution in [0.25, 0.3) is 0 Å². The van der Waals surface area contributed by atoms with E-state index in [1.165, 1.54) is 12.8 Å². The summed E-state index contributed by atoms with van der Waals surface area (Å²) in [5.41, 5.74) is 2.40. The van der Waals surface area contributed by atoms with Crippen LogP contribution in [0.4, 0.5) is 0 Å². The van der Waals surface area contributed by atoms with Crippen molar-refractivity contribution in [1.82, 2.24) is 20.2 Å². The number of nitrogens with one attached hydrogen (secondary N) is 1. The molecule has 1 fully saturated rings. The van der Waals surface area contributed by atoms with Crippen LogP contribution in [0.3, 0.4) is 0 Å². The summed E-state index contributed by atoms with van der Waals surface area (Å²) in [6, 6.07) is 0.444. The van der Waals surface area contributed by atoms with Crippen LogP contribution in [0.15, 0.2) is 0 Å². The Hall–Kier alpha value is -1.40. The molecule has 6 nitrogen and oxygen atoms in total. The van der Waals surface area contributed by atoms with E-state index in [1.54, 1.807) is 7.11 Å². The average Bonchev–Trinajstić information content (AvgIpc) is 3.23. The molecule has 0 spiro atoms. The Morgan fingerprint density at radius 3 is 2.76 bits per heavy atom. The number of rotatable bonds is 6. The molecular formula is C15H24N4O2. The first-order chi connectivity index (χ1) is 10.1. The lowest BCUT2D eigenvalue weighted by Crippen LogP contribution is -2.29. The molecule has 21 heavy (non-hydrogen) atoms. The lowest BCUT2D eigenvalue weighted by molar-refractivity contribution is 0.180. The van der Waals surface area contributed by atoms with Crippen LogP contribution in [0, 0.1) is 5.41 Å². The monoisotopic (exact) mass is 292 g/mol. The number of fused-ring (bicyclic) bond motifs is 1. The number of hydrogen-bond acceptors (Lipinski definition) is 6. The van der Waals surface area contributed by atoms with E-state index in [-0.39, 0.29) is 5.41 Å².